The zero-order valence-electron chi connectivity index (χ0n) is 9.37. The second-order valence-electron chi connectivity index (χ2n) is 3.86. The molecule has 1 aromatic carbocycles. The van der Waals surface area contributed by atoms with Crippen molar-refractivity contribution in [2.75, 3.05) is 5.73 Å². The largest absolute Gasteiger partial charge is 0.369 e. The predicted octanol–water partition coefficient (Wildman–Crippen LogP) is 1.69. The van der Waals surface area contributed by atoms with Crippen molar-refractivity contribution in [2.45, 2.75) is 0 Å². The molecule has 3 rings (SSSR count). The summed E-state index contributed by atoms with van der Waals surface area (Å²) in [6.07, 6.45) is 0. The maximum Gasteiger partial charge on any atom is 0.278 e. The molecule has 3 aromatic rings. The molecule has 0 spiro atoms. The molecule has 0 aliphatic carbocycles. The van der Waals surface area contributed by atoms with Gasteiger partial charge in [0.2, 0.25) is 5.95 Å². The second kappa shape index (κ2) is 4.06. The molecule has 0 amide bonds. The summed E-state index contributed by atoms with van der Waals surface area (Å²) in [5, 5.41) is 0.0140. The van der Waals surface area contributed by atoms with Gasteiger partial charge in [0, 0.05) is 5.56 Å². The van der Waals surface area contributed by atoms with Crippen LogP contribution in [-0.2, 0) is 0 Å². The van der Waals surface area contributed by atoms with Crippen LogP contribution in [0.5, 0.6) is 0 Å². The van der Waals surface area contributed by atoms with Crippen LogP contribution in [0, 0.1) is 5.82 Å². The Labute approximate surface area is 110 Å². The Hall–Kier alpha value is -2.41. The molecule has 0 unspecified atom stereocenters. The number of rotatable bonds is 1. The Kier molecular flexibility index (Phi) is 2.49. The number of imidazole rings is 1. The lowest BCUT2D eigenvalue weighted by molar-refractivity contribution is 0.628. The van der Waals surface area contributed by atoms with Crippen molar-refractivity contribution in [3.63, 3.8) is 0 Å². The molecule has 2 heterocycles. The first kappa shape index (κ1) is 11.7. The molecule has 4 N–H and O–H groups in total. The predicted molar refractivity (Wildman–Crippen MR) is 69.3 cm³/mol. The van der Waals surface area contributed by atoms with Crippen molar-refractivity contribution in [2.24, 2.45) is 0 Å². The van der Waals surface area contributed by atoms with E-state index >= 15 is 0 Å². The average molecular weight is 280 g/mol. The molecule has 0 aliphatic heterocycles. The second-order valence-corrected chi connectivity index (χ2v) is 4.27. The molecule has 96 valence electrons. The molecule has 2 aromatic heterocycles. The number of hydrogen-bond acceptors (Lipinski definition) is 4. The van der Waals surface area contributed by atoms with E-state index in [-0.39, 0.29) is 22.1 Å². The number of anilines is 1. The first-order chi connectivity index (χ1) is 9.04. The Bertz CT molecular complexity index is 841. The lowest BCUT2D eigenvalue weighted by atomic mass is 10.2. The van der Waals surface area contributed by atoms with Gasteiger partial charge in [0.15, 0.2) is 11.2 Å². The smallest absolute Gasteiger partial charge is 0.278 e. The van der Waals surface area contributed by atoms with Gasteiger partial charge in [-0.05, 0) is 18.2 Å². The minimum atomic E-state index is -0.569. The lowest BCUT2D eigenvalue weighted by Crippen LogP contribution is -2.10. The molecular formula is C11H7ClFN5O. The fourth-order valence-electron chi connectivity index (χ4n) is 1.70. The number of halogens is 2. The van der Waals surface area contributed by atoms with Gasteiger partial charge in [-0.1, -0.05) is 11.6 Å². The molecule has 0 radical (unpaired) electrons. The van der Waals surface area contributed by atoms with Crippen LogP contribution in [0.25, 0.3) is 22.6 Å². The van der Waals surface area contributed by atoms with E-state index in [4.69, 9.17) is 17.3 Å². The maximum atomic E-state index is 13.4. The van der Waals surface area contributed by atoms with Gasteiger partial charge < -0.3 is 10.7 Å². The highest BCUT2D eigenvalue weighted by atomic mass is 35.5. The first-order valence-corrected chi connectivity index (χ1v) is 5.63. The summed E-state index contributed by atoms with van der Waals surface area (Å²) in [6.45, 7) is 0. The fraction of sp³-hybridized carbons (Fsp3) is 0. The van der Waals surface area contributed by atoms with E-state index in [1.807, 2.05) is 0 Å². The molecule has 0 aliphatic rings. The van der Waals surface area contributed by atoms with Crippen LogP contribution in [0.2, 0.25) is 5.02 Å². The average Bonchev–Trinajstić information content (AvgIpc) is 2.76. The Balaban J connectivity index is 2.23. The summed E-state index contributed by atoms with van der Waals surface area (Å²) < 4.78 is 13.4. The number of nitrogens with one attached hydrogen (secondary N) is 2. The van der Waals surface area contributed by atoms with Crippen LogP contribution in [0.15, 0.2) is 23.0 Å². The van der Waals surface area contributed by atoms with Crippen LogP contribution in [0.4, 0.5) is 10.3 Å². The number of H-pyrrole nitrogens is 2. The van der Waals surface area contributed by atoms with Crippen molar-refractivity contribution >= 4 is 28.7 Å². The minimum absolute atomic E-state index is 0.0140. The van der Waals surface area contributed by atoms with Gasteiger partial charge in [0.05, 0.1) is 5.02 Å². The van der Waals surface area contributed by atoms with Crippen molar-refractivity contribution in [1.29, 1.82) is 0 Å². The molecule has 0 saturated carbocycles. The van der Waals surface area contributed by atoms with Gasteiger partial charge in [0.1, 0.15) is 11.6 Å². The van der Waals surface area contributed by atoms with Crippen molar-refractivity contribution in [1.82, 2.24) is 19.9 Å². The molecular weight excluding hydrogens is 273 g/mol. The number of benzene rings is 1. The zero-order chi connectivity index (χ0) is 13.6. The van der Waals surface area contributed by atoms with Gasteiger partial charge in [-0.3, -0.25) is 9.78 Å². The summed E-state index contributed by atoms with van der Waals surface area (Å²) in [7, 11) is 0. The maximum absolute atomic E-state index is 13.4. The third kappa shape index (κ3) is 1.93. The molecule has 0 saturated heterocycles. The summed E-state index contributed by atoms with van der Waals surface area (Å²) in [5.74, 6) is -0.284. The number of fused-ring (bicyclic) bond motifs is 1. The monoisotopic (exact) mass is 279 g/mol. The summed E-state index contributed by atoms with van der Waals surface area (Å²) in [5.41, 5.74) is 5.79. The molecule has 6 nitrogen and oxygen atoms in total. The molecule has 19 heavy (non-hydrogen) atoms. The van der Waals surface area contributed by atoms with Crippen LogP contribution in [0.3, 0.4) is 0 Å². The van der Waals surface area contributed by atoms with E-state index in [9.17, 15) is 9.18 Å². The van der Waals surface area contributed by atoms with Gasteiger partial charge in [-0.25, -0.2) is 9.37 Å². The number of aromatic amines is 2. The molecule has 0 fully saturated rings. The Morgan fingerprint density at radius 3 is 2.79 bits per heavy atom. The van der Waals surface area contributed by atoms with Crippen molar-refractivity contribution in [3.8, 4) is 11.4 Å². The van der Waals surface area contributed by atoms with Gasteiger partial charge >= 0.3 is 0 Å². The summed E-state index contributed by atoms with van der Waals surface area (Å²) in [6, 6.07) is 4.21. The first-order valence-electron chi connectivity index (χ1n) is 5.25. The summed E-state index contributed by atoms with van der Waals surface area (Å²) >= 11 is 5.60. The normalized spacial score (nSPS) is 11.1. The number of aromatic nitrogens is 4. The van der Waals surface area contributed by atoms with Crippen LogP contribution >= 0.6 is 11.6 Å². The quantitative estimate of drug-likeness (QED) is 0.631. The number of nitrogen functional groups attached to an aromatic ring is 1. The van der Waals surface area contributed by atoms with Crippen LogP contribution < -0.4 is 11.3 Å². The van der Waals surface area contributed by atoms with E-state index in [2.05, 4.69) is 19.9 Å². The highest BCUT2D eigenvalue weighted by molar-refractivity contribution is 6.30. The molecule has 8 heteroatoms. The van der Waals surface area contributed by atoms with Gasteiger partial charge in [0.25, 0.3) is 5.56 Å². The minimum Gasteiger partial charge on any atom is -0.369 e. The van der Waals surface area contributed by atoms with E-state index in [0.29, 0.717) is 11.4 Å². The topological polar surface area (TPSA) is 100 Å². The van der Waals surface area contributed by atoms with E-state index in [1.165, 1.54) is 12.1 Å². The SMILES string of the molecule is Nc1nc2nc(-c3ccc(Cl)c(F)c3)[nH]c2c(=O)[nH]1. The van der Waals surface area contributed by atoms with Crippen molar-refractivity contribution in [3.05, 3.63) is 39.4 Å². The van der Waals surface area contributed by atoms with E-state index < -0.39 is 11.4 Å². The van der Waals surface area contributed by atoms with Crippen LogP contribution in [0.1, 0.15) is 0 Å². The number of nitrogens with two attached hydrogens (primary N) is 1. The van der Waals surface area contributed by atoms with E-state index in [1.54, 1.807) is 6.07 Å². The molecule has 0 bridgehead atoms. The number of nitrogens with zero attached hydrogens (tertiary/aromatic N) is 2. The highest BCUT2D eigenvalue weighted by Gasteiger charge is 2.11. The van der Waals surface area contributed by atoms with Gasteiger partial charge in [-0.15, -0.1) is 0 Å². The Morgan fingerprint density at radius 1 is 1.26 bits per heavy atom. The highest BCUT2D eigenvalue weighted by Crippen LogP contribution is 2.23. The summed E-state index contributed by atoms with van der Waals surface area (Å²) in [4.78, 5) is 24.7. The van der Waals surface area contributed by atoms with Gasteiger partial charge in [-0.2, -0.15) is 4.98 Å². The van der Waals surface area contributed by atoms with Crippen molar-refractivity contribution < 1.29 is 4.39 Å². The zero-order valence-corrected chi connectivity index (χ0v) is 10.1. The third-order valence-electron chi connectivity index (χ3n) is 2.57. The molecule has 0 atom stereocenters. The number of hydrogen-bond donors (Lipinski definition) is 3. The Morgan fingerprint density at radius 2 is 2.05 bits per heavy atom. The van der Waals surface area contributed by atoms with E-state index in [0.717, 1.165) is 0 Å². The lowest BCUT2D eigenvalue weighted by Gasteiger charge is -1.97. The van der Waals surface area contributed by atoms with Crippen LogP contribution in [-0.4, -0.2) is 19.9 Å². The standard InChI is InChI=1S/C11H7ClFN5O/c12-5-2-1-4(3-6(5)13)8-15-7-9(16-8)17-11(14)18-10(7)19/h1-3H,(H4,14,15,16,17,18,19). The fourth-order valence-corrected chi connectivity index (χ4v) is 1.82. The third-order valence-corrected chi connectivity index (χ3v) is 2.88.